The van der Waals surface area contributed by atoms with Crippen molar-refractivity contribution in [3.05, 3.63) is 91.6 Å². The minimum Gasteiger partial charge on any atom is -0.508 e. The zero-order chi connectivity index (χ0) is 15.2. The predicted molar refractivity (Wildman–Crippen MR) is 87.9 cm³/mol. The summed E-state index contributed by atoms with van der Waals surface area (Å²) in [7, 11) is 0. The zero-order valence-corrected chi connectivity index (χ0v) is 14.9. The molecule has 22 heavy (non-hydrogen) atoms. The molecule has 3 heteroatoms. The average Bonchev–Trinajstić information content (AvgIpc) is 2.57. The van der Waals surface area contributed by atoms with Crippen LogP contribution in [0, 0.1) is 7.14 Å². The number of benzene rings is 3. The molecule has 0 aromatic heterocycles. The molecular weight excluding hydrogens is 403 g/mol. The Morgan fingerprint density at radius 2 is 1.36 bits per heavy atom. The van der Waals surface area contributed by atoms with Crippen LogP contribution in [0.1, 0.15) is 5.56 Å². The first kappa shape index (κ1) is 15.4. The van der Waals surface area contributed by atoms with E-state index in [4.69, 9.17) is 0 Å². The molecule has 0 fully saturated rings. The third kappa shape index (κ3) is 4.52. The van der Waals surface area contributed by atoms with Crippen molar-refractivity contribution in [3.63, 3.8) is 0 Å². The van der Waals surface area contributed by atoms with E-state index in [2.05, 4.69) is 54.6 Å². The molecule has 0 aliphatic carbocycles. The van der Waals surface area contributed by atoms with E-state index in [-0.39, 0.29) is 21.2 Å². The molecule has 3 rings (SSSR count). The average molecular weight is 419 g/mol. The molecule has 0 atom stereocenters. The highest BCUT2D eigenvalue weighted by Crippen LogP contribution is 2.23. The fourth-order valence-electron chi connectivity index (χ4n) is 1.96. The van der Waals surface area contributed by atoms with Gasteiger partial charge in [-0.1, -0.05) is 30.3 Å². The third-order valence-corrected chi connectivity index (χ3v) is 6.87. The molecule has 0 unspecified atom stereocenters. The fraction of sp³-hybridized carbons (Fsp3) is 0.0526. The number of aromatic hydroxyl groups is 1. The third-order valence-electron chi connectivity index (χ3n) is 3.11. The molecule has 3 aromatic carbocycles. The van der Waals surface area contributed by atoms with Crippen LogP contribution < -0.4 is 21.2 Å². The number of phenols is 1. The van der Waals surface area contributed by atoms with Gasteiger partial charge in [-0.15, -0.1) is 11.8 Å². The quantitative estimate of drug-likeness (QED) is 0.503. The highest BCUT2D eigenvalue weighted by atomic mass is 127. The van der Waals surface area contributed by atoms with Gasteiger partial charge in [0.2, 0.25) is 0 Å². The Hall–Kier alpha value is -1.46. The molecule has 0 amide bonds. The van der Waals surface area contributed by atoms with Gasteiger partial charge in [0, 0.05) is 10.6 Å². The largest absolute Gasteiger partial charge is 0.508 e. The maximum absolute atomic E-state index is 9.29. The summed E-state index contributed by atoms with van der Waals surface area (Å²) in [5, 5.41) is 9.29. The maximum atomic E-state index is 9.29. The van der Waals surface area contributed by atoms with Crippen molar-refractivity contribution in [1.29, 1.82) is 0 Å². The van der Waals surface area contributed by atoms with Crippen LogP contribution >= 0.6 is 11.8 Å². The Kier molecular flexibility index (Phi) is 5.40. The lowest BCUT2D eigenvalue weighted by Gasteiger charge is -2.02. The van der Waals surface area contributed by atoms with E-state index >= 15 is 0 Å². The maximum Gasteiger partial charge on any atom is 0.357 e. The molecule has 0 aliphatic heterocycles. The lowest BCUT2D eigenvalue weighted by Crippen LogP contribution is -3.61. The molecular formula is C19H16IOS+. The van der Waals surface area contributed by atoms with Gasteiger partial charge in [-0.3, -0.25) is 0 Å². The van der Waals surface area contributed by atoms with Crippen LogP contribution in [0.5, 0.6) is 5.75 Å². The van der Waals surface area contributed by atoms with Gasteiger partial charge in [0.1, 0.15) is 5.75 Å². The normalized spacial score (nSPS) is 10.5. The summed E-state index contributed by atoms with van der Waals surface area (Å²) in [5.74, 6) is 1.25. The molecule has 0 saturated heterocycles. The molecule has 0 heterocycles. The van der Waals surface area contributed by atoms with Crippen molar-refractivity contribution in [2.24, 2.45) is 0 Å². The van der Waals surface area contributed by atoms with E-state index in [9.17, 15) is 5.11 Å². The van der Waals surface area contributed by atoms with Crippen molar-refractivity contribution in [2.75, 3.05) is 0 Å². The number of rotatable bonds is 5. The highest BCUT2D eigenvalue weighted by Gasteiger charge is 2.14. The summed E-state index contributed by atoms with van der Waals surface area (Å²) < 4.78 is 2.89. The molecule has 0 spiro atoms. The van der Waals surface area contributed by atoms with Crippen LogP contribution in [-0.2, 0) is 5.75 Å². The molecule has 0 saturated carbocycles. The standard InChI is InChI=1S/C19H15IOS/c21-18-10-6-15(7-11-18)14-22-19-12-8-17(9-13-19)20-16-4-2-1-3-5-16/h1-13H,14H2/p+1. The minimum atomic E-state index is -0.0792. The van der Waals surface area contributed by atoms with Gasteiger partial charge in [-0.05, 0) is 54.1 Å². The smallest absolute Gasteiger partial charge is 0.357 e. The molecule has 1 nitrogen and oxygen atoms in total. The first-order chi connectivity index (χ1) is 10.8. The second-order valence-electron chi connectivity index (χ2n) is 4.80. The van der Waals surface area contributed by atoms with Gasteiger partial charge < -0.3 is 5.11 Å². The van der Waals surface area contributed by atoms with Crippen molar-refractivity contribution in [2.45, 2.75) is 10.6 Å². The van der Waals surface area contributed by atoms with Gasteiger partial charge in [-0.25, -0.2) is 0 Å². The van der Waals surface area contributed by atoms with Gasteiger partial charge in [0.15, 0.2) is 7.14 Å². The zero-order valence-electron chi connectivity index (χ0n) is 11.9. The summed E-state index contributed by atoms with van der Waals surface area (Å²) in [6.07, 6.45) is 0. The van der Waals surface area contributed by atoms with Gasteiger partial charge in [0.25, 0.3) is 0 Å². The van der Waals surface area contributed by atoms with Gasteiger partial charge in [0.05, 0.1) is 0 Å². The van der Waals surface area contributed by atoms with Crippen LogP contribution in [0.4, 0.5) is 0 Å². The summed E-state index contributed by atoms with van der Waals surface area (Å²) in [6.45, 7) is 0. The number of thioether (sulfide) groups is 1. The van der Waals surface area contributed by atoms with E-state index in [1.807, 2.05) is 23.9 Å². The van der Waals surface area contributed by atoms with Crippen molar-refractivity contribution in [1.82, 2.24) is 0 Å². The monoisotopic (exact) mass is 419 g/mol. The van der Waals surface area contributed by atoms with Gasteiger partial charge in [-0.2, -0.15) is 0 Å². The van der Waals surface area contributed by atoms with Crippen LogP contribution in [0.15, 0.2) is 83.8 Å². The van der Waals surface area contributed by atoms with Crippen LogP contribution in [0.25, 0.3) is 0 Å². The highest BCUT2D eigenvalue weighted by molar-refractivity contribution is 7.98. The minimum absolute atomic E-state index is 0.0792. The second-order valence-corrected chi connectivity index (χ2v) is 8.88. The lowest BCUT2D eigenvalue weighted by molar-refractivity contribution is -0.597. The Morgan fingerprint density at radius 3 is 2.05 bits per heavy atom. The predicted octanol–water partition coefficient (Wildman–Crippen LogP) is 1.81. The lowest BCUT2D eigenvalue weighted by atomic mass is 10.2. The van der Waals surface area contributed by atoms with Crippen LogP contribution in [0.3, 0.4) is 0 Å². The van der Waals surface area contributed by atoms with E-state index < -0.39 is 0 Å². The van der Waals surface area contributed by atoms with Crippen molar-refractivity contribution < 1.29 is 26.3 Å². The summed E-state index contributed by atoms with van der Waals surface area (Å²) in [6, 6.07) is 27.0. The van der Waals surface area contributed by atoms with E-state index in [1.165, 1.54) is 17.6 Å². The van der Waals surface area contributed by atoms with Crippen LogP contribution in [-0.4, -0.2) is 5.11 Å². The van der Waals surface area contributed by atoms with Gasteiger partial charge >= 0.3 is 21.2 Å². The topological polar surface area (TPSA) is 20.2 Å². The van der Waals surface area contributed by atoms with E-state index in [1.54, 1.807) is 12.1 Å². The number of hydrogen-bond acceptors (Lipinski definition) is 2. The fourth-order valence-corrected chi connectivity index (χ4v) is 5.02. The van der Waals surface area contributed by atoms with E-state index in [0.29, 0.717) is 5.75 Å². The Labute approximate surface area is 145 Å². The molecule has 110 valence electrons. The number of phenolic OH excluding ortho intramolecular Hbond substituents is 1. The summed E-state index contributed by atoms with van der Waals surface area (Å²) >= 11 is 1.75. The summed E-state index contributed by atoms with van der Waals surface area (Å²) in [4.78, 5) is 1.29. The molecule has 3 aromatic rings. The molecule has 1 N–H and O–H groups in total. The van der Waals surface area contributed by atoms with E-state index in [0.717, 1.165) is 5.75 Å². The molecule has 0 aliphatic rings. The number of halogens is 1. The first-order valence-electron chi connectivity index (χ1n) is 7.00. The summed E-state index contributed by atoms with van der Waals surface area (Å²) in [5.41, 5.74) is 1.23. The first-order valence-corrected chi connectivity index (χ1v) is 10.1. The second kappa shape index (κ2) is 7.70. The Morgan fingerprint density at radius 1 is 0.727 bits per heavy atom. The van der Waals surface area contributed by atoms with Crippen molar-refractivity contribution >= 4 is 11.8 Å². The Bertz CT molecular complexity index is 709. The molecule has 0 bridgehead atoms. The van der Waals surface area contributed by atoms with Crippen LogP contribution in [0.2, 0.25) is 0 Å². The SMILES string of the molecule is Oc1ccc(CSc2ccc([I+]c3ccccc3)cc2)cc1. The van der Waals surface area contributed by atoms with Crippen molar-refractivity contribution in [3.8, 4) is 5.75 Å². The Balaban J connectivity index is 1.58. The molecule has 0 radical (unpaired) electrons. The number of hydrogen-bond donors (Lipinski definition) is 1.